The SMILES string of the molecule is O=C(O)CCCN(Cc1ccccc1)C(=O)C1CCCCO1. The topological polar surface area (TPSA) is 66.8 Å². The summed E-state index contributed by atoms with van der Waals surface area (Å²) in [6.45, 7) is 1.57. The molecule has 1 fully saturated rings. The molecule has 1 N–H and O–H groups in total. The summed E-state index contributed by atoms with van der Waals surface area (Å²) in [6, 6.07) is 9.75. The Morgan fingerprint density at radius 3 is 2.64 bits per heavy atom. The fraction of sp³-hybridized carbons (Fsp3) is 0.529. The highest BCUT2D eigenvalue weighted by Gasteiger charge is 2.26. The van der Waals surface area contributed by atoms with Gasteiger partial charge in [0.2, 0.25) is 0 Å². The van der Waals surface area contributed by atoms with Crippen LogP contribution in [-0.4, -0.2) is 41.1 Å². The lowest BCUT2D eigenvalue weighted by Crippen LogP contribution is -2.42. The van der Waals surface area contributed by atoms with Crippen LogP contribution in [0.15, 0.2) is 30.3 Å². The summed E-state index contributed by atoms with van der Waals surface area (Å²) in [4.78, 5) is 25.0. The predicted octanol–water partition coefficient (Wildman–Crippen LogP) is 2.45. The minimum atomic E-state index is -0.832. The smallest absolute Gasteiger partial charge is 0.303 e. The Bertz CT molecular complexity index is 483. The zero-order chi connectivity index (χ0) is 15.8. The van der Waals surface area contributed by atoms with E-state index in [1.54, 1.807) is 4.90 Å². The maximum absolute atomic E-state index is 12.6. The van der Waals surface area contributed by atoms with E-state index in [0.717, 1.165) is 24.8 Å². The van der Waals surface area contributed by atoms with Crippen molar-refractivity contribution in [3.8, 4) is 0 Å². The molecule has 120 valence electrons. The van der Waals surface area contributed by atoms with E-state index in [-0.39, 0.29) is 18.4 Å². The van der Waals surface area contributed by atoms with Crippen molar-refractivity contribution < 1.29 is 19.4 Å². The molecule has 1 unspecified atom stereocenters. The minimum Gasteiger partial charge on any atom is -0.481 e. The van der Waals surface area contributed by atoms with Gasteiger partial charge in [0.25, 0.3) is 5.91 Å². The van der Waals surface area contributed by atoms with Crippen molar-refractivity contribution in [3.63, 3.8) is 0 Å². The van der Waals surface area contributed by atoms with Gasteiger partial charge in [-0.1, -0.05) is 30.3 Å². The highest BCUT2D eigenvalue weighted by Crippen LogP contribution is 2.17. The van der Waals surface area contributed by atoms with Gasteiger partial charge in [-0.25, -0.2) is 0 Å². The number of hydrogen-bond donors (Lipinski definition) is 1. The van der Waals surface area contributed by atoms with E-state index in [2.05, 4.69) is 0 Å². The Balaban J connectivity index is 1.99. The standard InChI is InChI=1S/C17H23NO4/c19-16(20)10-6-11-18(13-14-7-2-1-3-8-14)17(21)15-9-4-5-12-22-15/h1-3,7-8,15H,4-6,9-13H2,(H,19,20). The van der Waals surface area contributed by atoms with E-state index in [1.165, 1.54) is 0 Å². The number of carboxylic acids is 1. The first-order valence-electron chi connectivity index (χ1n) is 7.83. The molecule has 5 heteroatoms. The second kappa shape index (κ2) is 8.54. The monoisotopic (exact) mass is 305 g/mol. The molecule has 1 aliphatic heterocycles. The Morgan fingerprint density at radius 1 is 1.23 bits per heavy atom. The average molecular weight is 305 g/mol. The van der Waals surface area contributed by atoms with E-state index in [0.29, 0.717) is 26.1 Å². The Labute approximate surface area is 130 Å². The van der Waals surface area contributed by atoms with Crippen molar-refractivity contribution in [1.82, 2.24) is 4.90 Å². The van der Waals surface area contributed by atoms with Crippen LogP contribution in [0.5, 0.6) is 0 Å². The van der Waals surface area contributed by atoms with Gasteiger partial charge in [0.05, 0.1) is 0 Å². The van der Waals surface area contributed by atoms with Crippen molar-refractivity contribution in [1.29, 1.82) is 0 Å². The second-order valence-electron chi connectivity index (χ2n) is 5.60. The number of carbonyl (C=O) groups is 2. The summed E-state index contributed by atoms with van der Waals surface area (Å²) >= 11 is 0. The third-order valence-electron chi connectivity index (χ3n) is 3.80. The van der Waals surface area contributed by atoms with Crippen molar-refractivity contribution in [2.45, 2.75) is 44.8 Å². The molecule has 5 nitrogen and oxygen atoms in total. The molecule has 1 heterocycles. The van der Waals surface area contributed by atoms with Gasteiger partial charge in [-0.2, -0.15) is 0 Å². The van der Waals surface area contributed by atoms with Crippen molar-refractivity contribution in [2.75, 3.05) is 13.2 Å². The predicted molar refractivity (Wildman–Crippen MR) is 82.3 cm³/mol. The fourth-order valence-electron chi connectivity index (χ4n) is 2.63. The zero-order valence-electron chi connectivity index (χ0n) is 12.7. The third-order valence-corrected chi connectivity index (χ3v) is 3.80. The lowest BCUT2D eigenvalue weighted by Gasteiger charge is -2.29. The number of carbonyl (C=O) groups excluding carboxylic acids is 1. The van der Waals surface area contributed by atoms with Gasteiger partial charge in [0, 0.05) is 26.1 Å². The van der Waals surface area contributed by atoms with E-state index < -0.39 is 5.97 Å². The van der Waals surface area contributed by atoms with Crippen LogP contribution in [0.1, 0.15) is 37.7 Å². The molecule has 0 bridgehead atoms. The number of carboxylic acid groups (broad SMARTS) is 1. The van der Waals surface area contributed by atoms with Gasteiger partial charge in [-0.3, -0.25) is 9.59 Å². The molecule has 2 rings (SSSR count). The lowest BCUT2D eigenvalue weighted by atomic mass is 10.1. The molecule has 0 spiro atoms. The molecule has 0 aromatic heterocycles. The Kier molecular flexibility index (Phi) is 6.40. The highest BCUT2D eigenvalue weighted by atomic mass is 16.5. The van der Waals surface area contributed by atoms with Crippen LogP contribution in [0.3, 0.4) is 0 Å². The maximum atomic E-state index is 12.6. The molecule has 1 aliphatic rings. The van der Waals surface area contributed by atoms with E-state index in [9.17, 15) is 9.59 Å². The molecule has 1 aromatic carbocycles. The summed E-state index contributed by atoms with van der Waals surface area (Å²) in [6.07, 6.45) is 2.92. The molecule has 0 aliphatic carbocycles. The van der Waals surface area contributed by atoms with Crippen molar-refractivity contribution in [2.24, 2.45) is 0 Å². The first kappa shape index (κ1) is 16.5. The van der Waals surface area contributed by atoms with Crippen molar-refractivity contribution >= 4 is 11.9 Å². The summed E-state index contributed by atoms with van der Waals surface area (Å²) in [7, 11) is 0. The van der Waals surface area contributed by atoms with Crippen LogP contribution in [0, 0.1) is 0 Å². The molecular weight excluding hydrogens is 282 g/mol. The molecule has 1 atom stereocenters. The van der Waals surface area contributed by atoms with Gasteiger partial charge >= 0.3 is 5.97 Å². The average Bonchev–Trinajstić information content (AvgIpc) is 2.55. The fourth-order valence-corrected chi connectivity index (χ4v) is 2.63. The van der Waals surface area contributed by atoms with E-state index in [1.807, 2.05) is 30.3 Å². The quantitative estimate of drug-likeness (QED) is 0.840. The largest absolute Gasteiger partial charge is 0.481 e. The number of aliphatic carboxylic acids is 1. The first-order valence-corrected chi connectivity index (χ1v) is 7.83. The van der Waals surface area contributed by atoms with Crippen LogP contribution in [0.25, 0.3) is 0 Å². The van der Waals surface area contributed by atoms with Gasteiger partial charge < -0.3 is 14.7 Å². The normalized spacial score (nSPS) is 17.9. The van der Waals surface area contributed by atoms with Gasteiger partial charge in [0.15, 0.2) is 0 Å². The van der Waals surface area contributed by atoms with Crippen molar-refractivity contribution in [3.05, 3.63) is 35.9 Å². The Morgan fingerprint density at radius 2 is 2.00 bits per heavy atom. The van der Waals surface area contributed by atoms with Gasteiger partial charge in [-0.15, -0.1) is 0 Å². The molecule has 1 aromatic rings. The van der Waals surface area contributed by atoms with Gasteiger partial charge in [-0.05, 0) is 31.2 Å². The lowest BCUT2D eigenvalue weighted by molar-refractivity contribution is -0.148. The summed E-state index contributed by atoms with van der Waals surface area (Å²) < 4.78 is 5.58. The van der Waals surface area contributed by atoms with Crippen LogP contribution < -0.4 is 0 Å². The van der Waals surface area contributed by atoms with Crippen LogP contribution in [-0.2, 0) is 20.9 Å². The number of ether oxygens (including phenoxy) is 1. The zero-order valence-corrected chi connectivity index (χ0v) is 12.7. The molecule has 1 amide bonds. The van der Waals surface area contributed by atoms with E-state index in [4.69, 9.17) is 9.84 Å². The highest BCUT2D eigenvalue weighted by molar-refractivity contribution is 5.81. The summed E-state index contributed by atoms with van der Waals surface area (Å²) in [5.41, 5.74) is 1.04. The summed E-state index contributed by atoms with van der Waals surface area (Å²) in [5, 5.41) is 8.78. The third kappa shape index (κ3) is 5.15. The van der Waals surface area contributed by atoms with Crippen LogP contribution in [0.2, 0.25) is 0 Å². The van der Waals surface area contributed by atoms with E-state index >= 15 is 0 Å². The molecule has 0 saturated carbocycles. The molecule has 1 saturated heterocycles. The first-order chi connectivity index (χ1) is 10.7. The number of hydrogen-bond acceptors (Lipinski definition) is 3. The minimum absolute atomic E-state index is 0.0195. The Hall–Kier alpha value is -1.88. The number of rotatable bonds is 7. The summed E-state index contributed by atoms with van der Waals surface area (Å²) in [5.74, 6) is -0.852. The molecular formula is C17H23NO4. The number of nitrogens with zero attached hydrogens (tertiary/aromatic N) is 1. The molecule has 0 radical (unpaired) electrons. The van der Waals surface area contributed by atoms with Gasteiger partial charge in [0.1, 0.15) is 6.10 Å². The molecule has 22 heavy (non-hydrogen) atoms. The number of benzene rings is 1. The number of amides is 1. The second-order valence-corrected chi connectivity index (χ2v) is 5.60. The van der Waals surface area contributed by atoms with Crippen LogP contribution >= 0.6 is 0 Å². The maximum Gasteiger partial charge on any atom is 0.303 e. The van der Waals surface area contributed by atoms with Crippen LogP contribution in [0.4, 0.5) is 0 Å².